The van der Waals surface area contributed by atoms with Crippen molar-refractivity contribution in [2.24, 2.45) is 0 Å². The van der Waals surface area contributed by atoms with E-state index in [-0.39, 0.29) is 19.5 Å². The fourth-order valence-corrected chi connectivity index (χ4v) is 0. The van der Waals surface area contributed by atoms with Crippen molar-refractivity contribution in [2.45, 2.75) is 0 Å². The van der Waals surface area contributed by atoms with E-state index in [1.54, 1.807) is 0 Å². The van der Waals surface area contributed by atoms with Crippen molar-refractivity contribution in [3.05, 3.63) is 0 Å². The van der Waals surface area contributed by atoms with Crippen LogP contribution in [0.1, 0.15) is 0 Å². The van der Waals surface area contributed by atoms with E-state index in [4.69, 9.17) is 59.4 Å². The molecule has 111 valence electrons. The number of aliphatic carboxylic acids is 6. The molecule has 0 aliphatic rings. The van der Waals surface area contributed by atoms with Gasteiger partial charge in [-0.05, 0) is 0 Å². The number of carbonyl (C=O) groups is 6. The molecule has 0 aliphatic carbocycles. The molecule has 0 aliphatic heterocycles. The number of carboxylic acid groups (broad SMARTS) is 6. The molecule has 0 aromatic carbocycles. The summed E-state index contributed by atoms with van der Waals surface area (Å²) in [6.07, 6.45) is 0. The maximum Gasteiger partial charge on any atom is 0.414 e. The molecule has 13 heteroatoms. The van der Waals surface area contributed by atoms with Gasteiger partial charge in [-0.3, -0.25) is 0 Å². The Kier molecular flexibility index (Phi) is 18.0. The maximum atomic E-state index is 9.10. The molecule has 0 aromatic rings. The van der Waals surface area contributed by atoms with Gasteiger partial charge in [-0.25, -0.2) is 28.8 Å². The van der Waals surface area contributed by atoms with Gasteiger partial charge in [0.2, 0.25) is 0 Å². The number of hydrogen-bond acceptors (Lipinski definition) is 6. The Hall–Kier alpha value is -2.56. The number of carboxylic acids is 6. The Bertz CT molecular complexity index is 277. The average Bonchev–Trinajstić information content (AvgIpc) is 2.18. The minimum absolute atomic E-state index is 0. The second-order valence-electron chi connectivity index (χ2n) is 1.83. The Labute approximate surface area is 115 Å². The van der Waals surface area contributed by atoms with Crippen LogP contribution in [0.3, 0.4) is 0 Å². The van der Waals surface area contributed by atoms with E-state index in [1.165, 1.54) is 0 Å². The summed E-state index contributed by atoms with van der Waals surface area (Å²) in [6.45, 7) is 0. The second kappa shape index (κ2) is 13.5. The van der Waals surface area contributed by atoms with Gasteiger partial charge < -0.3 is 30.6 Å². The minimum atomic E-state index is -1.82. The van der Waals surface area contributed by atoms with Crippen molar-refractivity contribution in [2.75, 3.05) is 0 Å². The summed E-state index contributed by atoms with van der Waals surface area (Å²) in [5, 5.41) is 44.3. The van der Waals surface area contributed by atoms with Crippen molar-refractivity contribution in [3.63, 3.8) is 0 Å². The molecule has 12 nitrogen and oxygen atoms in total. The van der Waals surface area contributed by atoms with Gasteiger partial charge in [0.25, 0.3) is 0 Å². The Morgan fingerprint density at radius 2 is 0.421 bits per heavy atom. The van der Waals surface area contributed by atoms with Gasteiger partial charge in [-0.2, -0.15) is 0 Å². The van der Waals surface area contributed by atoms with Crippen LogP contribution in [-0.4, -0.2) is 66.5 Å². The molecule has 1 radical (unpaired) electrons. The molecule has 0 saturated carbocycles. The van der Waals surface area contributed by atoms with Crippen LogP contribution in [0.25, 0.3) is 0 Å². The molecule has 0 heterocycles. The summed E-state index contributed by atoms with van der Waals surface area (Å²) in [5.41, 5.74) is 0. The van der Waals surface area contributed by atoms with E-state index in [0.29, 0.717) is 0 Å². The van der Waals surface area contributed by atoms with Crippen molar-refractivity contribution in [3.8, 4) is 0 Å². The standard InChI is InChI=1S/3C2H2O4.Rh/c3*3-1(4)2(5)6;/h3*(H,3,4)(H,5,6);. The van der Waals surface area contributed by atoms with Crippen LogP contribution < -0.4 is 0 Å². The van der Waals surface area contributed by atoms with Crippen LogP contribution in [0, 0.1) is 0 Å². The summed E-state index contributed by atoms with van der Waals surface area (Å²) < 4.78 is 0. The quantitative estimate of drug-likeness (QED) is 0.191. The third kappa shape index (κ3) is 31.3. The topological polar surface area (TPSA) is 224 Å². The first-order valence-electron chi connectivity index (χ1n) is 3.32. The van der Waals surface area contributed by atoms with Crippen LogP contribution in [0.4, 0.5) is 0 Å². The smallest absolute Gasteiger partial charge is 0.414 e. The van der Waals surface area contributed by atoms with Gasteiger partial charge in [-0.15, -0.1) is 0 Å². The largest absolute Gasteiger partial charge is 0.473 e. The van der Waals surface area contributed by atoms with E-state index in [0.717, 1.165) is 0 Å². The molecule has 0 aromatic heterocycles. The fourth-order valence-electron chi connectivity index (χ4n) is 0. The van der Waals surface area contributed by atoms with Crippen LogP contribution >= 0.6 is 0 Å². The molecule has 19 heavy (non-hydrogen) atoms. The minimum Gasteiger partial charge on any atom is -0.473 e. The van der Waals surface area contributed by atoms with Crippen molar-refractivity contribution in [1.82, 2.24) is 0 Å². The molecule has 0 unspecified atom stereocenters. The molecule has 0 amide bonds. The number of rotatable bonds is 0. The van der Waals surface area contributed by atoms with Crippen LogP contribution in [0.2, 0.25) is 0 Å². The van der Waals surface area contributed by atoms with Crippen LogP contribution in [-0.2, 0) is 48.2 Å². The van der Waals surface area contributed by atoms with Crippen LogP contribution in [0.15, 0.2) is 0 Å². The third-order valence-corrected chi connectivity index (χ3v) is 0.549. The first-order chi connectivity index (χ1) is 7.93. The monoisotopic (exact) mass is 373 g/mol. The third-order valence-electron chi connectivity index (χ3n) is 0.549. The first-order valence-corrected chi connectivity index (χ1v) is 3.32. The van der Waals surface area contributed by atoms with Crippen molar-refractivity contribution in [1.29, 1.82) is 0 Å². The summed E-state index contributed by atoms with van der Waals surface area (Å²) >= 11 is 0. The van der Waals surface area contributed by atoms with E-state index in [1.807, 2.05) is 0 Å². The molecule has 0 fully saturated rings. The summed E-state index contributed by atoms with van der Waals surface area (Å²) in [4.78, 5) is 54.6. The summed E-state index contributed by atoms with van der Waals surface area (Å²) in [7, 11) is 0. The van der Waals surface area contributed by atoms with E-state index >= 15 is 0 Å². The Morgan fingerprint density at radius 3 is 0.421 bits per heavy atom. The second-order valence-corrected chi connectivity index (χ2v) is 1.83. The molecular formula is C6H6O12Rh. The molecule has 6 N–H and O–H groups in total. The predicted octanol–water partition coefficient (Wildman–Crippen LogP) is -2.54. The van der Waals surface area contributed by atoms with E-state index < -0.39 is 35.8 Å². The molecular weight excluding hydrogens is 367 g/mol. The molecule has 0 spiro atoms. The maximum absolute atomic E-state index is 9.10. The Morgan fingerprint density at radius 1 is 0.368 bits per heavy atom. The zero-order chi connectivity index (χ0) is 15.5. The molecule has 0 atom stereocenters. The van der Waals surface area contributed by atoms with Gasteiger partial charge in [0.05, 0.1) is 0 Å². The van der Waals surface area contributed by atoms with Crippen molar-refractivity contribution < 1.29 is 78.9 Å². The zero-order valence-electron chi connectivity index (χ0n) is 8.47. The van der Waals surface area contributed by atoms with Gasteiger partial charge in [0.1, 0.15) is 0 Å². The predicted molar refractivity (Wildman–Crippen MR) is 45.8 cm³/mol. The SMILES string of the molecule is O=C(O)C(=O)O.O=C(O)C(=O)O.O=C(O)C(=O)O.[Rh]. The fraction of sp³-hybridized carbons (Fsp3) is 0. The zero-order valence-corrected chi connectivity index (χ0v) is 10.1. The van der Waals surface area contributed by atoms with Crippen molar-refractivity contribution >= 4 is 35.8 Å². The summed E-state index contributed by atoms with van der Waals surface area (Å²) in [5.74, 6) is -10.9. The van der Waals surface area contributed by atoms with E-state index in [2.05, 4.69) is 0 Å². The van der Waals surface area contributed by atoms with Gasteiger partial charge in [-0.1, -0.05) is 0 Å². The Balaban J connectivity index is -0.0000000865. The summed E-state index contributed by atoms with van der Waals surface area (Å²) in [6, 6.07) is 0. The van der Waals surface area contributed by atoms with Gasteiger partial charge in [0.15, 0.2) is 0 Å². The molecule has 0 bridgehead atoms. The van der Waals surface area contributed by atoms with Gasteiger partial charge in [0, 0.05) is 19.5 Å². The molecule has 0 saturated heterocycles. The number of hydrogen-bond donors (Lipinski definition) is 6. The van der Waals surface area contributed by atoms with Gasteiger partial charge >= 0.3 is 35.8 Å². The van der Waals surface area contributed by atoms with Crippen LogP contribution in [0.5, 0.6) is 0 Å². The van der Waals surface area contributed by atoms with E-state index in [9.17, 15) is 0 Å². The average molecular weight is 373 g/mol. The molecule has 0 rings (SSSR count). The first kappa shape index (κ1) is 25.3. The normalized spacial score (nSPS) is 6.95.